The number of thiocarbonyl (C=S) groups is 1. The van der Waals surface area contributed by atoms with Crippen molar-refractivity contribution in [2.45, 2.75) is 6.92 Å². The Kier molecular flexibility index (Phi) is 5.21. The molecule has 2 rings (SSSR count). The highest BCUT2D eigenvalue weighted by Gasteiger charge is 1.99. The van der Waals surface area contributed by atoms with Gasteiger partial charge >= 0.3 is 0 Å². The zero-order chi connectivity index (χ0) is 15.9. The molecular weight excluding hydrogens is 296 g/mol. The first-order chi connectivity index (χ1) is 10.6. The Balaban J connectivity index is 2.11. The van der Waals surface area contributed by atoms with Gasteiger partial charge in [-0.15, -0.1) is 0 Å². The highest BCUT2D eigenvalue weighted by atomic mass is 32.1. The van der Waals surface area contributed by atoms with Crippen LogP contribution < -0.4 is 11.2 Å². The second-order valence-electron chi connectivity index (χ2n) is 4.54. The molecule has 0 spiro atoms. The fraction of sp³-hybridized carbons (Fsp3) is 0.0625. The van der Waals surface area contributed by atoms with Crippen LogP contribution in [0.5, 0.6) is 5.75 Å². The first-order valence-electron chi connectivity index (χ1n) is 6.58. The van der Waals surface area contributed by atoms with Gasteiger partial charge in [0, 0.05) is 11.8 Å². The van der Waals surface area contributed by atoms with E-state index in [0.29, 0.717) is 5.56 Å². The number of nitrogens with zero attached hydrogens (tertiary/aromatic N) is 2. The molecule has 0 atom stereocenters. The minimum Gasteiger partial charge on any atom is -0.507 e. The Morgan fingerprint density at radius 3 is 2.50 bits per heavy atom. The van der Waals surface area contributed by atoms with Crippen molar-refractivity contribution >= 4 is 34.9 Å². The Morgan fingerprint density at radius 1 is 1.18 bits per heavy atom. The average Bonchev–Trinajstić information content (AvgIpc) is 2.52. The van der Waals surface area contributed by atoms with E-state index in [9.17, 15) is 5.11 Å². The molecule has 0 saturated carbocycles. The molecule has 0 fully saturated rings. The normalized spacial score (nSPS) is 11.6. The molecule has 112 valence electrons. The van der Waals surface area contributed by atoms with Gasteiger partial charge in [0.1, 0.15) is 5.75 Å². The lowest BCUT2D eigenvalue weighted by molar-refractivity contribution is 0.474. The van der Waals surface area contributed by atoms with E-state index in [2.05, 4.69) is 15.5 Å². The van der Waals surface area contributed by atoms with Gasteiger partial charge in [-0.25, -0.2) is 0 Å². The molecule has 6 heteroatoms. The third-order valence-corrected chi connectivity index (χ3v) is 3.00. The Bertz CT molecular complexity index is 723. The molecule has 0 aromatic heterocycles. The lowest BCUT2D eigenvalue weighted by atomic mass is 10.1. The highest BCUT2D eigenvalue weighted by molar-refractivity contribution is 7.80. The summed E-state index contributed by atoms with van der Waals surface area (Å²) in [5.41, 5.74) is 11.0. The summed E-state index contributed by atoms with van der Waals surface area (Å²) in [4.78, 5) is 4.33. The quantitative estimate of drug-likeness (QED) is 0.460. The van der Waals surface area contributed by atoms with Crippen molar-refractivity contribution in [3.8, 4) is 5.75 Å². The van der Waals surface area contributed by atoms with Crippen LogP contribution in [-0.4, -0.2) is 22.1 Å². The van der Waals surface area contributed by atoms with Crippen molar-refractivity contribution in [1.29, 1.82) is 0 Å². The number of aliphatic imine (C=N–C) groups is 1. The number of nitrogens with one attached hydrogen (secondary N) is 1. The molecule has 0 heterocycles. The van der Waals surface area contributed by atoms with E-state index in [1.807, 2.05) is 37.3 Å². The van der Waals surface area contributed by atoms with Crippen molar-refractivity contribution in [3.05, 3.63) is 59.7 Å². The maximum atomic E-state index is 9.67. The summed E-state index contributed by atoms with van der Waals surface area (Å²) in [6.07, 6.45) is 1.62. The number of phenols is 1. The van der Waals surface area contributed by atoms with E-state index in [0.717, 1.165) is 17.0 Å². The Hall–Kier alpha value is -2.73. The molecule has 0 saturated heterocycles. The number of benzene rings is 2. The summed E-state index contributed by atoms with van der Waals surface area (Å²) in [5, 5.41) is 13.9. The lowest BCUT2D eigenvalue weighted by Gasteiger charge is -2.02. The fourth-order valence-electron chi connectivity index (χ4n) is 1.73. The fourth-order valence-corrected chi connectivity index (χ4v) is 1.78. The van der Waals surface area contributed by atoms with E-state index in [-0.39, 0.29) is 10.9 Å². The second-order valence-corrected chi connectivity index (χ2v) is 4.98. The van der Waals surface area contributed by atoms with E-state index in [4.69, 9.17) is 18.0 Å². The number of nitrogens with two attached hydrogens (primary N) is 1. The number of hydrogen-bond acceptors (Lipinski definition) is 4. The van der Waals surface area contributed by atoms with Crippen molar-refractivity contribution in [2.75, 3.05) is 0 Å². The van der Waals surface area contributed by atoms with Gasteiger partial charge in [0.2, 0.25) is 0 Å². The number of rotatable bonds is 4. The van der Waals surface area contributed by atoms with Crippen molar-refractivity contribution in [2.24, 2.45) is 15.8 Å². The summed E-state index contributed by atoms with van der Waals surface area (Å²) in [6, 6.07) is 14.6. The van der Waals surface area contributed by atoms with Gasteiger partial charge in [0.05, 0.1) is 11.4 Å². The van der Waals surface area contributed by atoms with Crippen molar-refractivity contribution in [3.63, 3.8) is 0 Å². The van der Waals surface area contributed by atoms with Crippen LogP contribution in [0.25, 0.3) is 0 Å². The van der Waals surface area contributed by atoms with Crippen LogP contribution in [0.15, 0.2) is 58.6 Å². The molecule has 0 unspecified atom stereocenters. The summed E-state index contributed by atoms with van der Waals surface area (Å²) in [6.45, 7) is 1.85. The molecule has 0 aliphatic rings. The maximum Gasteiger partial charge on any atom is 0.184 e. The first-order valence-corrected chi connectivity index (χ1v) is 6.99. The molecule has 0 amide bonds. The monoisotopic (exact) mass is 312 g/mol. The molecule has 0 bridgehead atoms. The van der Waals surface area contributed by atoms with E-state index in [1.54, 1.807) is 24.4 Å². The Labute approximate surface area is 134 Å². The third kappa shape index (κ3) is 4.39. The summed E-state index contributed by atoms with van der Waals surface area (Å²) in [7, 11) is 0. The van der Waals surface area contributed by atoms with Gasteiger partial charge < -0.3 is 10.8 Å². The zero-order valence-corrected chi connectivity index (χ0v) is 12.8. The predicted molar refractivity (Wildman–Crippen MR) is 93.9 cm³/mol. The van der Waals surface area contributed by atoms with Gasteiger partial charge in [0.15, 0.2) is 5.11 Å². The number of para-hydroxylation sites is 1. The minimum atomic E-state index is 0.128. The van der Waals surface area contributed by atoms with Crippen LogP contribution in [0, 0.1) is 0 Å². The topological polar surface area (TPSA) is 83.0 Å². The van der Waals surface area contributed by atoms with E-state index in [1.165, 1.54) is 0 Å². The maximum absolute atomic E-state index is 9.67. The molecule has 0 aliphatic carbocycles. The Morgan fingerprint density at radius 2 is 1.86 bits per heavy atom. The molecule has 0 radical (unpaired) electrons. The summed E-state index contributed by atoms with van der Waals surface area (Å²) in [5.74, 6) is 0.203. The largest absolute Gasteiger partial charge is 0.507 e. The zero-order valence-electron chi connectivity index (χ0n) is 12.0. The van der Waals surface area contributed by atoms with E-state index < -0.39 is 0 Å². The molecular formula is C16H16N4OS. The standard InChI is InChI=1S/C16H16N4OS/c1-11(19-20-16(17)22)12-6-8-14(9-7-12)18-10-13-4-2-3-5-15(13)21/h2-10,21H,1H3,(H3,17,20,22)/b18-10?,19-11+. The predicted octanol–water partition coefficient (Wildman–Crippen LogP) is 2.70. The molecule has 22 heavy (non-hydrogen) atoms. The van der Waals surface area contributed by atoms with Crippen LogP contribution in [0.1, 0.15) is 18.1 Å². The average molecular weight is 312 g/mol. The first kappa shape index (κ1) is 15.7. The van der Waals surface area contributed by atoms with Crippen LogP contribution >= 0.6 is 12.2 Å². The van der Waals surface area contributed by atoms with Crippen molar-refractivity contribution in [1.82, 2.24) is 5.43 Å². The van der Waals surface area contributed by atoms with Crippen LogP contribution in [0.3, 0.4) is 0 Å². The molecule has 0 aliphatic heterocycles. The van der Waals surface area contributed by atoms with Crippen LogP contribution in [0.2, 0.25) is 0 Å². The van der Waals surface area contributed by atoms with Gasteiger partial charge in [-0.05, 0) is 49.0 Å². The molecule has 4 N–H and O–H groups in total. The van der Waals surface area contributed by atoms with Gasteiger partial charge in [-0.2, -0.15) is 5.10 Å². The number of phenolic OH excluding ortho intramolecular Hbond substituents is 1. The number of hydrazone groups is 1. The number of aromatic hydroxyl groups is 1. The highest BCUT2D eigenvalue weighted by Crippen LogP contribution is 2.17. The summed E-state index contributed by atoms with van der Waals surface area (Å²) < 4.78 is 0. The smallest absolute Gasteiger partial charge is 0.184 e. The number of hydrogen-bond donors (Lipinski definition) is 3. The van der Waals surface area contributed by atoms with Crippen LogP contribution in [0.4, 0.5) is 5.69 Å². The van der Waals surface area contributed by atoms with Gasteiger partial charge in [-0.1, -0.05) is 24.3 Å². The minimum absolute atomic E-state index is 0.128. The van der Waals surface area contributed by atoms with Crippen LogP contribution in [-0.2, 0) is 0 Å². The molecule has 2 aromatic rings. The molecule has 2 aromatic carbocycles. The third-order valence-electron chi connectivity index (χ3n) is 2.91. The summed E-state index contributed by atoms with van der Waals surface area (Å²) >= 11 is 4.70. The van der Waals surface area contributed by atoms with E-state index >= 15 is 0 Å². The lowest BCUT2D eigenvalue weighted by Crippen LogP contribution is -2.25. The van der Waals surface area contributed by atoms with Gasteiger partial charge in [-0.3, -0.25) is 10.4 Å². The van der Waals surface area contributed by atoms with Gasteiger partial charge in [0.25, 0.3) is 0 Å². The molecule has 5 nitrogen and oxygen atoms in total. The second kappa shape index (κ2) is 7.33. The SMILES string of the molecule is C/C(=N\NC(N)=S)c1ccc(N=Cc2ccccc2O)cc1. The van der Waals surface area contributed by atoms with Crippen molar-refractivity contribution < 1.29 is 5.11 Å².